The standard InChI is InChI=1S/C16H31NO7/c1-14(18)23-13-12-22-11-10-21-9-8-20-7-6-17(5)15(19)24-16(2,3)4/h6-13H2,1-5H3. The number of ether oxygens (including phenoxy) is 5. The Labute approximate surface area is 144 Å². The first-order valence-electron chi connectivity index (χ1n) is 8.03. The summed E-state index contributed by atoms with van der Waals surface area (Å²) in [5, 5.41) is 0. The minimum absolute atomic E-state index is 0.254. The van der Waals surface area contributed by atoms with Gasteiger partial charge in [-0.25, -0.2) is 4.79 Å². The minimum atomic E-state index is -0.500. The number of esters is 1. The van der Waals surface area contributed by atoms with Gasteiger partial charge in [-0.2, -0.15) is 0 Å². The fraction of sp³-hybridized carbons (Fsp3) is 0.875. The topological polar surface area (TPSA) is 83.5 Å². The first kappa shape index (κ1) is 22.6. The molecule has 0 aromatic carbocycles. The van der Waals surface area contributed by atoms with Crippen LogP contribution in [0.25, 0.3) is 0 Å². The molecule has 0 bridgehead atoms. The smallest absolute Gasteiger partial charge is 0.410 e. The Morgan fingerprint density at radius 3 is 1.75 bits per heavy atom. The Morgan fingerprint density at radius 1 is 0.833 bits per heavy atom. The number of hydrogen-bond donors (Lipinski definition) is 0. The molecule has 0 spiro atoms. The van der Waals surface area contributed by atoms with Crippen LogP contribution in [-0.2, 0) is 28.5 Å². The summed E-state index contributed by atoms with van der Waals surface area (Å²) < 4.78 is 25.9. The third kappa shape index (κ3) is 15.5. The van der Waals surface area contributed by atoms with Gasteiger partial charge < -0.3 is 28.6 Å². The predicted octanol–water partition coefficient (Wildman–Crippen LogP) is 1.47. The van der Waals surface area contributed by atoms with Crippen LogP contribution in [0.15, 0.2) is 0 Å². The second-order valence-electron chi connectivity index (χ2n) is 6.08. The normalized spacial score (nSPS) is 11.2. The van der Waals surface area contributed by atoms with Crippen molar-refractivity contribution in [1.82, 2.24) is 4.90 Å². The average molecular weight is 349 g/mol. The number of likely N-dealkylation sites (N-methyl/N-ethyl adjacent to an activating group) is 1. The molecule has 0 unspecified atom stereocenters. The highest BCUT2D eigenvalue weighted by molar-refractivity contribution is 5.67. The Kier molecular flexibility index (Phi) is 12.2. The van der Waals surface area contributed by atoms with Gasteiger partial charge in [0.2, 0.25) is 0 Å². The quantitative estimate of drug-likeness (QED) is 0.390. The van der Waals surface area contributed by atoms with Crippen molar-refractivity contribution >= 4 is 12.1 Å². The number of amides is 1. The van der Waals surface area contributed by atoms with Gasteiger partial charge in [0.1, 0.15) is 12.2 Å². The highest BCUT2D eigenvalue weighted by Crippen LogP contribution is 2.08. The first-order chi connectivity index (χ1) is 11.2. The number of rotatable bonds is 12. The third-order valence-corrected chi connectivity index (χ3v) is 2.55. The monoisotopic (exact) mass is 349 g/mol. The molecule has 0 aliphatic heterocycles. The molecule has 8 nitrogen and oxygen atoms in total. The molecule has 0 saturated carbocycles. The second kappa shape index (κ2) is 13.0. The van der Waals surface area contributed by atoms with Gasteiger partial charge in [-0.3, -0.25) is 4.79 Å². The third-order valence-electron chi connectivity index (χ3n) is 2.55. The molecule has 1 amide bonds. The van der Waals surface area contributed by atoms with Crippen molar-refractivity contribution in [2.24, 2.45) is 0 Å². The molecular formula is C16H31NO7. The van der Waals surface area contributed by atoms with Gasteiger partial charge in [0.15, 0.2) is 0 Å². The fourth-order valence-electron chi connectivity index (χ4n) is 1.42. The lowest BCUT2D eigenvalue weighted by Gasteiger charge is -2.24. The molecule has 0 atom stereocenters. The van der Waals surface area contributed by atoms with Crippen LogP contribution in [0.2, 0.25) is 0 Å². The number of hydrogen-bond acceptors (Lipinski definition) is 7. The van der Waals surface area contributed by atoms with Gasteiger partial charge in [-0.1, -0.05) is 0 Å². The van der Waals surface area contributed by atoms with Gasteiger partial charge in [-0.15, -0.1) is 0 Å². The minimum Gasteiger partial charge on any atom is -0.463 e. The zero-order valence-electron chi connectivity index (χ0n) is 15.5. The molecule has 0 aromatic heterocycles. The summed E-state index contributed by atoms with van der Waals surface area (Å²) >= 11 is 0. The largest absolute Gasteiger partial charge is 0.463 e. The summed E-state index contributed by atoms with van der Waals surface area (Å²) in [6.07, 6.45) is -0.367. The summed E-state index contributed by atoms with van der Waals surface area (Å²) in [5.41, 5.74) is -0.500. The summed E-state index contributed by atoms with van der Waals surface area (Å²) in [6, 6.07) is 0. The van der Waals surface area contributed by atoms with Crippen molar-refractivity contribution in [3.8, 4) is 0 Å². The van der Waals surface area contributed by atoms with Crippen LogP contribution in [0.1, 0.15) is 27.7 Å². The molecule has 0 saturated heterocycles. The molecule has 0 radical (unpaired) electrons. The summed E-state index contributed by atoms with van der Waals surface area (Å²) in [4.78, 5) is 23.7. The van der Waals surface area contributed by atoms with Crippen molar-refractivity contribution in [2.45, 2.75) is 33.3 Å². The molecule has 0 heterocycles. The maximum atomic E-state index is 11.7. The molecule has 0 aliphatic rings. The number of carbonyl (C=O) groups is 2. The van der Waals surface area contributed by atoms with Crippen LogP contribution in [-0.4, -0.2) is 82.4 Å². The van der Waals surface area contributed by atoms with E-state index in [0.29, 0.717) is 46.2 Å². The molecule has 0 N–H and O–H groups in total. The van der Waals surface area contributed by atoms with E-state index in [2.05, 4.69) is 0 Å². The maximum Gasteiger partial charge on any atom is 0.410 e. The van der Waals surface area contributed by atoms with Gasteiger partial charge in [0.05, 0.1) is 39.6 Å². The predicted molar refractivity (Wildman–Crippen MR) is 88.0 cm³/mol. The Balaban J connectivity index is 3.36. The van der Waals surface area contributed by atoms with Crippen LogP contribution in [0, 0.1) is 0 Å². The van der Waals surface area contributed by atoms with E-state index in [9.17, 15) is 9.59 Å². The molecule has 0 rings (SSSR count). The molecule has 0 aromatic rings. The van der Waals surface area contributed by atoms with Crippen molar-refractivity contribution in [2.75, 3.05) is 59.8 Å². The van der Waals surface area contributed by atoms with Crippen molar-refractivity contribution < 1.29 is 33.3 Å². The molecule has 0 aliphatic carbocycles. The van der Waals surface area contributed by atoms with E-state index in [-0.39, 0.29) is 18.7 Å². The van der Waals surface area contributed by atoms with Crippen LogP contribution < -0.4 is 0 Å². The lowest BCUT2D eigenvalue weighted by atomic mass is 10.2. The van der Waals surface area contributed by atoms with Crippen LogP contribution in [0.3, 0.4) is 0 Å². The van der Waals surface area contributed by atoms with E-state index >= 15 is 0 Å². The zero-order chi connectivity index (χ0) is 18.4. The fourth-order valence-corrected chi connectivity index (χ4v) is 1.42. The molecular weight excluding hydrogens is 318 g/mol. The maximum absolute atomic E-state index is 11.7. The Hall–Kier alpha value is -1.38. The van der Waals surface area contributed by atoms with Gasteiger partial charge in [0.25, 0.3) is 0 Å². The van der Waals surface area contributed by atoms with E-state index in [4.69, 9.17) is 23.7 Å². The lowest BCUT2D eigenvalue weighted by molar-refractivity contribution is -0.142. The Bertz CT molecular complexity index is 355. The highest BCUT2D eigenvalue weighted by Gasteiger charge is 2.19. The van der Waals surface area contributed by atoms with Crippen molar-refractivity contribution in [3.05, 3.63) is 0 Å². The molecule has 0 fully saturated rings. The van der Waals surface area contributed by atoms with E-state index < -0.39 is 5.60 Å². The number of nitrogens with zero attached hydrogens (tertiary/aromatic N) is 1. The van der Waals surface area contributed by atoms with Crippen molar-refractivity contribution in [3.63, 3.8) is 0 Å². The average Bonchev–Trinajstić information content (AvgIpc) is 2.46. The van der Waals surface area contributed by atoms with E-state index in [1.54, 1.807) is 7.05 Å². The lowest BCUT2D eigenvalue weighted by Crippen LogP contribution is -2.36. The summed E-state index contributed by atoms with van der Waals surface area (Å²) in [6.45, 7) is 10.1. The van der Waals surface area contributed by atoms with Crippen LogP contribution in [0.5, 0.6) is 0 Å². The highest BCUT2D eigenvalue weighted by atomic mass is 16.6. The van der Waals surface area contributed by atoms with Gasteiger partial charge in [0, 0.05) is 20.5 Å². The number of carbonyl (C=O) groups excluding carboxylic acids is 2. The summed E-state index contributed by atoms with van der Waals surface area (Å²) in [5.74, 6) is -0.315. The summed E-state index contributed by atoms with van der Waals surface area (Å²) in [7, 11) is 1.67. The van der Waals surface area contributed by atoms with Crippen molar-refractivity contribution in [1.29, 1.82) is 0 Å². The first-order valence-corrected chi connectivity index (χ1v) is 8.03. The molecule has 8 heteroatoms. The Morgan fingerprint density at radius 2 is 1.29 bits per heavy atom. The van der Waals surface area contributed by atoms with Gasteiger partial charge >= 0.3 is 12.1 Å². The van der Waals surface area contributed by atoms with Gasteiger partial charge in [-0.05, 0) is 20.8 Å². The molecule has 24 heavy (non-hydrogen) atoms. The second-order valence-corrected chi connectivity index (χ2v) is 6.08. The van der Waals surface area contributed by atoms with Crippen LogP contribution in [0.4, 0.5) is 4.79 Å². The van der Waals surface area contributed by atoms with E-state index in [0.717, 1.165) is 0 Å². The van der Waals surface area contributed by atoms with E-state index in [1.165, 1.54) is 11.8 Å². The SMILES string of the molecule is CC(=O)OCCOCCOCCOCCN(C)C(=O)OC(C)(C)C. The zero-order valence-corrected chi connectivity index (χ0v) is 15.5. The molecule has 142 valence electrons. The van der Waals surface area contributed by atoms with Crippen LogP contribution >= 0.6 is 0 Å². The van der Waals surface area contributed by atoms with E-state index in [1.807, 2.05) is 20.8 Å².